The summed E-state index contributed by atoms with van der Waals surface area (Å²) in [5, 5.41) is 19.8. The summed E-state index contributed by atoms with van der Waals surface area (Å²) in [6, 6.07) is 2.60. The lowest BCUT2D eigenvalue weighted by atomic mass is 9.82. The number of piperazine rings is 1. The van der Waals surface area contributed by atoms with E-state index in [9.17, 15) is 4.79 Å². The summed E-state index contributed by atoms with van der Waals surface area (Å²) in [5.74, 6) is 2.64. The van der Waals surface area contributed by atoms with E-state index in [1.54, 1.807) is 0 Å². The number of anilines is 3. The van der Waals surface area contributed by atoms with E-state index in [0.29, 0.717) is 24.2 Å². The predicted octanol–water partition coefficient (Wildman–Crippen LogP) is 2.78. The number of aromatic nitrogens is 2. The molecule has 10 nitrogen and oxygen atoms in total. The van der Waals surface area contributed by atoms with E-state index in [1.807, 2.05) is 6.07 Å². The van der Waals surface area contributed by atoms with E-state index in [0.717, 1.165) is 70.1 Å². The third-order valence-electron chi connectivity index (χ3n) is 8.59. The largest absolute Gasteiger partial charge is 0.481 e. The van der Waals surface area contributed by atoms with Crippen molar-refractivity contribution in [1.29, 1.82) is 0 Å². The summed E-state index contributed by atoms with van der Waals surface area (Å²) < 4.78 is 0. The Kier molecular flexibility index (Phi) is 11.7. The summed E-state index contributed by atoms with van der Waals surface area (Å²) in [7, 11) is 0. The fraction of sp³-hybridized carbons (Fsp3) is 0.821. The molecule has 214 valence electrons. The third-order valence-corrected chi connectivity index (χ3v) is 8.59. The molecule has 0 bridgehead atoms. The molecule has 0 amide bonds. The average molecular weight is 531 g/mol. The fourth-order valence-electron chi connectivity index (χ4n) is 6.16. The smallest absolute Gasteiger partial charge is 0.304 e. The molecule has 0 aromatic carbocycles. The van der Waals surface area contributed by atoms with E-state index < -0.39 is 5.97 Å². The van der Waals surface area contributed by atoms with Gasteiger partial charge in [-0.2, -0.15) is 9.97 Å². The second-order valence-electron chi connectivity index (χ2n) is 11.6. The molecule has 2 saturated carbocycles. The van der Waals surface area contributed by atoms with Crippen LogP contribution in [-0.4, -0.2) is 90.9 Å². The van der Waals surface area contributed by atoms with Gasteiger partial charge in [-0.3, -0.25) is 9.69 Å². The number of rotatable bonds is 14. The van der Waals surface area contributed by atoms with Gasteiger partial charge in [0.05, 0.1) is 6.42 Å². The van der Waals surface area contributed by atoms with Crippen molar-refractivity contribution < 1.29 is 9.90 Å². The van der Waals surface area contributed by atoms with Crippen LogP contribution in [0.2, 0.25) is 0 Å². The van der Waals surface area contributed by atoms with Crippen molar-refractivity contribution in [2.24, 2.45) is 11.8 Å². The zero-order chi connectivity index (χ0) is 26.6. The number of nitrogens with zero attached hydrogens (tertiary/aromatic N) is 4. The highest BCUT2D eigenvalue weighted by atomic mass is 16.4. The van der Waals surface area contributed by atoms with Crippen molar-refractivity contribution >= 4 is 23.6 Å². The molecule has 0 spiro atoms. The molecular weight excluding hydrogens is 480 g/mol. The zero-order valence-electron chi connectivity index (χ0n) is 23.2. The summed E-state index contributed by atoms with van der Waals surface area (Å²) in [4.78, 5) is 24.4. The number of carboxylic acids is 1. The van der Waals surface area contributed by atoms with Gasteiger partial charge in [0, 0.05) is 51.4 Å². The van der Waals surface area contributed by atoms with Gasteiger partial charge < -0.3 is 31.7 Å². The first kappa shape index (κ1) is 28.8. The summed E-state index contributed by atoms with van der Waals surface area (Å²) in [6.07, 6.45) is 13.4. The number of hydrogen-bond acceptors (Lipinski definition) is 9. The minimum atomic E-state index is -0.745. The Morgan fingerprint density at radius 1 is 0.947 bits per heavy atom. The SMILES string of the molecule is Nc1cc(N2CCN(CCC(=O)O)CC2)nc(NCC2CCC(CNCCCNC3CCCCC3)CC2)n1. The Labute approximate surface area is 228 Å². The molecule has 1 saturated heterocycles. The second kappa shape index (κ2) is 15.4. The summed E-state index contributed by atoms with van der Waals surface area (Å²) in [5.41, 5.74) is 6.11. The lowest BCUT2D eigenvalue weighted by Gasteiger charge is -2.35. The van der Waals surface area contributed by atoms with E-state index in [1.165, 1.54) is 64.2 Å². The Balaban J connectivity index is 1.09. The Morgan fingerprint density at radius 3 is 2.37 bits per heavy atom. The molecular formula is C28H50N8O2. The van der Waals surface area contributed by atoms with Crippen LogP contribution in [-0.2, 0) is 4.79 Å². The van der Waals surface area contributed by atoms with Gasteiger partial charge in [0.2, 0.25) is 5.95 Å². The van der Waals surface area contributed by atoms with Crippen LogP contribution in [0, 0.1) is 11.8 Å². The van der Waals surface area contributed by atoms with Crippen LogP contribution >= 0.6 is 0 Å². The minimum Gasteiger partial charge on any atom is -0.481 e. The first-order valence-electron chi connectivity index (χ1n) is 15.1. The standard InChI is InChI=1S/C28H50N8O2/c29-25-19-26(36-17-15-35(16-18-36)14-11-27(37)38)34-28(33-25)32-21-23-9-7-22(8-10-23)20-30-12-4-13-31-24-5-2-1-3-6-24/h19,22-24,30-31H,1-18,20-21H2,(H,37,38)(H3,29,32,33,34). The van der Waals surface area contributed by atoms with E-state index in [4.69, 9.17) is 15.8 Å². The minimum absolute atomic E-state index is 0.186. The quantitative estimate of drug-likeness (QED) is 0.229. The molecule has 2 heterocycles. The molecule has 1 aliphatic heterocycles. The van der Waals surface area contributed by atoms with Gasteiger partial charge in [-0.25, -0.2) is 0 Å². The molecule has 0 unspecified atom stereocenters. The zero-order valence-corrected chi connectivity index (χ0v) is 23.2. The second-order valence-corrected chi connectivity index (χ2v) is 11.6. The van der Waals surface area contributed by atoms with E-state index >= 15 is 0 Å². The third kappa shape index (κ3) is 9.85. The van der Waals surface area contributed by atoms with Crippen LogP contribution in [0.3, 0.4) is 0 Å². The molecule has 3 aliphatic rings. The van der Waals surface area contributed by atoms with Gasteiger partial charge in [-0.1, -0.05) is 19.3 Å². The Hall–Kier alpha value is -2.17. The molecule has 38 heavy (non-hydrogen) atoms. The lowest BCUT2D eigenvalue weighted by Crippen LogP contribution is -2.47. The van der Waals surface area contributed by atoms with Gasteiger partial charge in [0.15, 0.2) is 0 Å². The van der Waals surface area contributed by atoms with Crippen molar-refractivity contribution in [2.45, 2.75) is 76.7 Å². The maximum Gasteiger partial charge on any atom is 0.304 e. The summed E-state index contributed by atoms with van der Waals surface area (Å²) >= 11 is 0. The average Bonchev–Trinajstić information content (AvgIpc) is 2.94. The molecule has 10 heteroatoms. The topological polar surface area (TPSA) is 132 Å². The van der Waals surface area contributed by atoms with Gasteiger partial charge in [0.1, 0.15) is 11.6 Å². The van der Waals surface area contributed by atoms with Crippen LogP contribution in [0.25, 0.3) is 0 Å². The van der Waals surface area contributed by atoms with Crippen molar-refractivity contribution in [3.05, 3.63) is 6.07 Å². The van der Waals surface area contributed by atoms with E-state index in [2.05, 4.69) is 30.7 Å². The fourth-order valence-corrected chi connectivity index (χ4v) is 6.16. The number of hydrogen-bond donors (Lipinski definition) is 5. The molecule has 1 aromatic rings. The molecule has 3 fully saturated rings. The molecule has 0 radical (unpaired) electrons. The van der Waals surface area contributed by atoms with Crippen LogP contribution in [0.5, 0.6) is 0 Å². The van der Waals surface area contributed by atoms with Gasteiger partial charge in [-0.15, -0.1) is 0 Å². The van der Waals surface area contributed by atoms with Crippen molar-refractivity contribution in [3.8, 4) is 0 Å². The first-order chi connectivity index (χ1) is 18.5. The molecule has 4 rings (SSSR count). The van der Waals surface area contributed by atoms with Crippen molar-refractivity contribution in [3.63, 3.8) is 0 Å². The molecule has 0 atom stereocenters. The number of nitrogens with one attached hydrogen (secondary N) is 3. The number of nitrogens with two attached hydrogens (primary N) is 1. The van der Waals surface area contributed by atoms with Gasteiger partial charge in [-0.05, 0) is 76.4 Å². The maximum absolute atomic E-state index is 10.8. The normalized spacial score (nSPS) is 23.4. The van der Waals surface area contributed by atoms with Crippen LogP contribution in [0.4, 0.5) is 17.6 Å². The molecule has 2 aliphatic carbocycles. The maximum atomic E-state index is 10.8. The number of nitrogen functional groups attached to an aromatic ring is 1. The Bertz CT molecular complexity index is 834. The Morgan fingerprint density at radius 2 is 1.66 bits per heavy atom. The van der Waals surface area contributed by atoms with Crippen LogP contribution < -0.4 is 26.6 Å². The number of aliphatic carboxylic acids is 1. The van der Waals surface area contributed by atoms with Gasteiger partial charge >= 0.3 is 5.97 Å². The van der Waals surface area contributed by atoms with Crippen molar-refractivity contribution in [1.82, 2.24) is 25.5 Å². The highest BCUT2D eigenvalue weighted by Gasteiger charge is 2.22. The lowest BCUT2D eigenvalue weighted by molar-refractivity contribution is -0.137. The molecule has 6 N–H and O–H groups in total. The summed E-state index contributed by atoms with van der Waals surface area (Å²) in [6.45, 7) is 8.17. The highest BCUT2D eigenvalue weighted by Crippen LogP contribution is 2.29. The highest BCUT2D eigenvalue weighted by molar-refractivity contribution is 5.66. The number of carbonyl (C=O) groups is 1. The number of carboxylic acid groups (broad SMARTS) is 1. The predicted molar refractivity (Wildman–Crippen MR) is 154 cm³/mol. The monoisotopic (exact) mass is 530 g/mol. The van der Waals surface area contributed by atoms with Crippen molar-refractivity contribution in [2.75, 3.05) is 74.9 Å². The molecule has 1 aromatic heterocycles. The van der Waals surface area contributed by atoms with Crippen LogP contribution in [0.1, 0.15) is 70.6 Å². The van der Waals surface area contributed by atoms with E-state index in [-0.39, 0.29) is 6.42 Å². The van der Waals surface area contributed by atoms with Gasteiger partial charge in [0.25, 0.3) is 0 Å². The van der Waals surface area contributed by atoms with Crippen LogP contribution in [0.15, 0.2) is 6.07 Å². The first-order valence-corrected chi connectivity index (χ1v) is 15.1.